The summed E-state index contributed by atoms with van der Waals surface area (Å²) in [6, 6.07) is 0. The van der Waals surface area contributed by atoms with Crippen LogP contribution in [0.15, 0.2) is 16.9 Å². The van der Waals surface area contributed by atoms with Gasteiger partial charge in [-0.15, -0.1) is 0 Å². The smallest absolute Gasteiger partial charge is 0.328 e. The highest BCUT2D eigenvalue weighted by Crippen LogP contribution is 2.13. The predicted molar refractivity (Wildman–Crippen MR) is 72.8 cm³/mol. The lowest BCUT2D eigenvalue weighted by Crippen LogP contribution is -2.19. The highest BCUT2D eigenvalue weighted by atomic mass is 16.4. The van der Waals surface area contributed by atoms with Crippen LogP contribution in [0.4, 0.5) is 0 Å². The molecule has 0 amide bonds. The Hall–Kier alpha value is -2.02. The Balaban J connectivity index is 2.56. The predicted octanol–water partition coefficient (Wildman–Crippen LogP) is 0.618. The fourth-order valence-corrected chi connectivity index (χ4v) is 1.85. The number of aromatic amines is 1. The summed E-state index contributed by atoms with van der Waals surface area (Å²) in [5.41, 5.74) is 0.0724. The molecule has 0 bridgehead atoms. The Bertz CT molecular complexity index is 515. The number of hydrogen-bond acceptors (Lipinski definition) is 4. The van der Waals surface area contributed by atoms with Crippen molar-refractivity contribution in [3.05, 3.63) is 28.3 Å². The Kier molecular flexibility index (Phi) is 6.58. The van der Waals surface area contributed by atoms with Crippen molar-refractivity contribution in [3.63, 3.8) is 0 Å². The number of carboxylic acid groups (broad SMARTS) is 1. The molecule has 1 aromatic rings. The maximum Gasteiger partial charge on any atom is 0.328 e. The van der Waals surface area contributed by atoms with Crippen molar-refractivity contribution in [2.45, 2.75) is 38.6 Å². The van der Waals surface area contributed by atoms with E-state index in [9.17, 15) is 14.7 Å². The average Bonchev–Trinajstić information content (AvgIpc) is 2.65. The third-order valence-corrected chi connectivity index (χ3v) is 2.85. The van der Waals surface area contributed by atoms with Gasteiger partial charge in [-0.1, -0.05) is 12.2 Å². The molecule has 0 aliphatic carbocycles. The van der Waals surface area contributed by atoms with Crippen molar-refractivity contribution < 1.29 is 20.1 Å². The van der Waals surface area contributed by atoms with Crippen molar-refractivity contribution in [3.8, 4) is 5.88 Å². The van der Waals surface area contributed by atoms with Gasteiger partial charge in [0, 0.05) is 26.0 Å². The summed E-state index contributed by atoms with van der Waals surface area (Å²) in [6.45, 7) is 0.317. The molecule has 1 aromatic heterocycles. The molecule has 0 fully saturated rings. The molecule has 4 N–H and O–H groups in total. The van der Waals surface area contributed by atoms with Crippen LogP contribution >= 0.6 is 0 Å². The number of rotatable bonds is 9. The first-order valence-corrected chi connectivity index (χ1v) is 6.54. The van der Waals surface area contributed by atoms with Crippen LogP contribution in [0.5, 0.6) is 5.88 Å². The maximum absolute atomic E-state index is 11.6. The first kappa shape index (κ1) is 16.0. The van der Waals surface area contributed by atoms with Crippen LogP contribution in [0, 0.1) is 0 Å². The molecule has 20 heavy (non-hydrogen) atoms. The van der Waals surface area contributed by atoms with Gasteiger partial charge in [0.25, 0.3) is 0 Å². The van der Waals surface area contributed by atoms with Gasteiger partial charge >= 0.3 is 11.7 Å². The zero-order valence-electron chi connectivity index (χ0n) is 11.2. The van der Waals surface area contributed by atoms with Gasteiger partial charge in [-0.05, 0) is 19.3 Å². The van der Waals surface area contributed by atoms with E-state index < -0.39 is 11.7 Å². The molecule has 0 atom stereocenters. The van der Waals surface area contributed by atoms with Crippen LogP contribution in [0.1, 0.15) is 31.4 Å². The van der Waals surface area contributed by atoms with E-state index in [4.69, 9.17) is 10.2 Å². The quantitative estimate of drug-likeness (QED) is 0.392. The summed E-state index contributed by atoms with van der Waals surface area (Å²) >= 11 is 0. The summed E-state index contributed by atoms with van der Waals surface area (Å²) in [6.07, 6.45) is 5.76. The molecule has 1 rings (SSSR count). The highest BCUT2D eigenvalue weighted by Gasteiger charge is 2.11. The molecule has 0 aliphatic rings. The van der Waals surface area contributed by atoms with Gasteiger partial charge in [0.2, 0.25) is 5.88 Å². The molecule has 112 valence electrons. The van der Waals surface area contributed by atoms with Crippen LogP contribution < -0.4 is 5.69 Å². The molecule has 0 aromatic carbocycles. The second kappa shape index (κ2) is 8.21. The number of hydrogen-bond donors (Lipinski definition) is 4. The van der Waals surface area contributed by atoms with E-state index in [0.717, 1.165) is 0 Å². The van der Waals surface area contributed by atoms with Gasteiger partial charge in [0.1, 0.15) is 0 Å². The Morgan fingerprint density at radius 2 is 2.05 bits per heavy atom. The minimum atomic E-state index is -0.820. The number of nitrogens with zero attached hydrogens (tertiary/aromatic N) is 1. The van der Waals surface area contributed by atoms with Gasteiger partial charge in [-0.25, -0.2) is 4.79 Å². The number of aliphatic carboxylic acids is 1. The fraction of sp³-hybridized carbons (Fsp3) is 0.538. The number of imidazole rings is 1. The van der Waals surface area contributed by atoms with Gasteiger partial charge in [0.05, 0.1) is 5.69 Å². The zero-order valence-corrected chi connectivity index (χ0v) is 11.2. The number of carboxylic acids is 1. The van der Waals surface area contributed by atoms with Crippen molar-refractivity contribution in [2.24, 2.45) is 0 Å². The second-order valence-electron chi connectivity index (χ2n) is 4.42. The lowest BCUT2D eigenvalue weighted by Gasteiger charge is -2.04. The fourth-order valence-electron chi connectivity index (χ4n) is 1.85. The standard InChI is InChI=1S/C13H20N2O5/c16-9-5-8-15-10(12(19)14-13(15)20)6-3-1-2-4-7-11(17)18/h1,3,16,19H,2,4-9H2,(H,14,20)(H,17,18). The van der Waals surface area contributed by atoms with Crippen LogP contribution in [-0.4, -0.2) is 37.4 Å². The molecule has 7 heteroatoms. The Morgan fingerprint density at radius 1 is 1.30 bits per heavy atom. The third kappa shape index (κ3) is 4.93. The number of aromatic nitrogens is 2. The number of unbranched alkanes of at least 4 members (excludes halogenated alkanes) is 1. The van der Waals surface area contributed by atoms with Crippen LogP contribution in [0.3, 0.4) is 0 Å². The van der Waals surface area contributed by atoms with Crippen LogP contribution in [0.25, 0.3) is 0 Å². The summed E-state index contributed by atoms with van der Waals surface area (Å²) in [5.74, 6) is -0.984. The van der Waals surface area contributed by atoms with E-state index in [1.165, 1.54) is 4.57 Å². The third-order valence-electron chi connectivity index (χ3n) is 2.85. The molecule has 0 spiro atoms. The number of allylic oxidation sites excluding steroid dienone is 2. The summed E-state index contributed by atoms with van der Waals surface area (Å²) in [5, 5.41) is 26.9. The van der Waals surface area contributed by atoms with Gasteiger partial charge < -0.3 is 15.3 Å². The number of aromatic hydroxyl groups is 1. The summed E-state index contributed by atoms with van der Waals surface area (Å²) in [4.78, 5) is 24.2. The molecule has 0 aliphatic heterocycles. The number of H-pyrrole nitrogens is 1. The van der Waals surface area contributed by atoms with Crippen molar-refractivity contribution in [1.29, 1.82) is 0 Å². The SMILES string of the molecule is O=C(O)CCCC=CCc1c(O)[nH]c(=O)n1CCCO. The van der Waals surface area contributed by atoms with Crippen molar-refractivity contribution >= 4 is 5.97 Å². The minimum absolute atomic E-state index is 0.0250. The van der Waals surface area contributed by atoms with E-state index in [1.54, 1.807) is 6.08 Å². The lowest BCUT2D eigenvalue weighted by atomic mass is 10.2. The molecule has 0 unspecified atom stereocenters. The van der Waals surface area contributed by atoms with E-state index >= 15 is 0 Å². The van der Waals surface area contributed by atoms with Crippen LogP contribution in [-0.2, 0) is 17.8 Å². The van der Waals surface area contributed by atoms with E-state index in [-0.39, 0.29) is 18.9 Å². The molecule has 0 radical (unpaired) electrons. The highest BCUT2D eigenvalue weighted by molar-refractivity contribution is 5.66. The molecule has 7 nitrogen and oxygen atoms in total. The number of aliphatic hydroxyl groups is 1. The topological polar surface area (TPSA) is 116 Å². The lowest BCUT2D eigenvalue weighted by molar-refractivity contribution is -0.137. The maximum atomic E-state index is 11.6. The number of carbonyl (C=O) groups is 1. The molecular formula is C13H20N2O5. The first-order valence-electron chi connectivity index (χ1n) is 6.54. The van der Waals surface area contributed by atoms with Gasteiger partial charge in [-0.3, -0.25) is 14.3 Å². The monoisotopic (exact) mass is 284 g/mol. The molecular weight excluding hydrogens is 264 g/mol. The molecule has 0 saturated carbocycles. The molecule has 1 heterocycles. The van der Waals surface area contributed by atoms with Gasteiger partial charge in [0.15, 0.2) is 0 Å². The molecule has 0 saturated heterocycles. The Labute approximate surface area is 116 Å². The van der Waals surface area contributed by atoms with E-state index in [0.29, 0.717) is 37.9 Å². The summed E-state index contributed by atoms with van der Waals surface area (Å²) in [7, 11) is 0. The average molecular weight is 284 g/mol. The Morgan fingerprint density at radius 3 is 2.70 bits per heavy atom. The van der Waals surface area contributed by atoms with Crippen molar-refractivity contribution in [2.75, 3.05) is 6.61 Å². The van der Waals surface area contributed by atoms with Crippen LogP contribution in [0.2, 0.25) is 0 Å². The number of aliphatic hydroxyl groups excluding tert-OH is 1. The minimum Gasteiger partial charge on any atom is -0.493 e. The first-order chi connectivity index (χ1) is 9.56. The van der Waals surface area contributed by atoms with Gasteiger partial charge in [-0.2, -0.15) is 0 Å². The van der Waals surface area contributed by atoms with E-state index in [1.807, 2.05) is 6.08 Å². The second-order valence-corrected chi connectivity index (χ2v) is 4.42. The van der Waals surface area contributed by atoms with Crippen molar-refractivity contribution in [1.82, 2.24) is 9.55 Å². The summed E-state index contributed by atoms with van der Waals surface area (Å²) < 4.78 is 1.40. The largest absolute Gasteiger partial charge is 0.493 e. The zero-order chi connectivity index (χ0) is 15.0. The normalized spacial score (nSPS) is 11.2. The van der Waals surface area contributed by atoms with E-state index in [2.05, 4.69) is 4.98 Å². The number of nitrogens with one attached hydrogen (secondary N) is 1.